The van der Waals surface area contributed by atoms with Crippen molar-refractivity contribution >= 4 is 29.5 Å². The van der Waals surface area contributed by atoms with Crippen LogP contribution in [0.4, 0.5) is 11.6 Å². The fraction of sp³-hybridized carbons (Fsp3) is 0.0769. The zero-order valence-electron chi connectivity index (χ0n) is 9.83. The highest BCUT2D eigenvalue weighted by atomic mass is 16.3. The van der Waals surface area contributed by atoms with Crippen molar-refractivity contribution in [3.05, 3.63) is 35.5 Å². The second-order valence-corrected chi connectivity index (χ2v) is 4.11. The van der Waals surface area contributed by atoms with Crippen LogP contribution in [0.3, 0.4) is 0 Å². The van der Waals surface area contributed by atoms with Crippen LogP contribution in [0.15, 0.2) is 29.3 Å². The number of nitrogen functional groups attached to an aromatic ring is 1. The van der Waals surface area contributed by atoms with Crippen LogP contribution < -0.4 is 5.73 Å². The van der Waals surface area contributed by atoms with E-state index < -0.39 is 0 Å². The molecule has 0 bridgehead atoms. The van der Waals surface area contributed by atoms with Crippen LogP contribution in [0.5, 0.6) is 5.88 Å². The second-order valence-electron chi connectivity index (χ2n) is 4.11. The Hall–Kier alpha value is -2.56. The number of nitrogens with two attached hydrogens (primary N) is 1. The average molecular weight is 240 g/mol. The van der Waals surface area contributed by atoms with Crippen molar-refractivity contribution in [3.8, 4) is 5.88 Å². The first-order valence-corrected chi connectivity index (χ1v) is 5.53. The summed E-state index contributed by atoms with van der Waals surface area (Å²) in [6.07, 6.45) is 3.60. The van der Waals surface area contributed by atoms with Crippen molar-refractivity contribution in [1.29, 1.82) is 0 Å². The molecule has 0 aliphatic carbocycles. The first kappa shape index (κ1) is 10.6. The Labute approximate surface area is 104 Å². The molecule has 5 heteroatoms. The van der Waals surface area contributed by atoms with Gasteiger partial charge in [0.05, 0.1) is 5.69 Å². The van der Waals surface area contributed by atoms with Gasteiger partial charge < -0.3 is 15.4 Å². The number of aromatic nitrogens is 2. The molecule has 1 aromatic heterocycles. The molecule has 90 valence electrons. The van der Waals surface area contributed by atoms with E-state index in [2.05, 4.69) is 9.98 Å². The van der Waals surface area contributed by atoms with Gasteiger partial charge in [-0.15, -0.1) is 0 Å². The molecule has 1 aliphatic heterocycles. The Balaban J connectivity index is 2.12. The summed E-state index contributed by atoms with van der Waals surface area (Å²) in [7, 11) is 1.76. The van der Waals surface area contributed by atoms with Gasteiger partial charge >= 0.3 is 0 Å². The lowest BCUT2D eigenvalue weighted by atomic mass is 10.1. The normalized spacial score (nSPS) is 15.3. The third kappa shape index (κ3) is 1.48. The summed E-state index contributed by atoms with van der Waals surface area (Å²) >= 11 is 0. The van der Waals surface area contributed by atoms with Crippen molar-refractivity contribution in [2.24, 2.45) is 12.0 Å². The molecule has 0 amide bonds. The topological polar surface area (TPSA) is 76.4 Å². The SMILES string of the molecule is Cn1c(N)nc(O)c1/C=C1\C=Nc2ccccc21. The van der Waals surface area contributed by atoms with Gasteiger partial charge in [0.2, 0.25) is 11.8 Å². The Morgan fingerprint density at radius 2 is 2.11 bits per heavy atom. The highest BCUT2D eigenvalue weighted by molar-refractivity contribution is 6.21. The number of hydrogen-bond donors (Lipinski definition) is 2. The Morgan fingerprint density at radius 1 is 1.33 bits per heavy atom. The van der Waals surface area contributed by atoms with E-state index in [9.17, 15) is 5.11 Å². The monoisotopic (exact) mass is 240 g/mol. The van der Waals surface area contributed by atoms with Gasteiger partial charge in [-0.05, 0) is 12.1 Å². The smallest absolute Gasteiger partial charge is 0.238 e. The van der Waals surface area contributed by atoms with E-state index in [0.717, 1.165) is 16.8 Å². The molecular weight excluding hydrogens is 228 g/mol. The minimum Gasteiger partial charge on any atom is -0.492 e. The van der Waals surface area contributed by atoms with Crippen LogP contribution in [-0.4, -0.2) is 20.9 Å². The zero-order valence-corrected chi connectivity index (χ0v) is 9.83. The molecule has 3 N–H and O–H groups in total. The fourth-order valence-corrected chi connectivity index (χ4v) is 1.98. The van der Waals surface area contributed by atoms with Gasteiger partial charge in [-0.25, -0.2) is 0 Å². The number of benzene rings is 1. The standard InChI is InChI=1S/C13H12N4O/c1-17-11(12(18)16-13(17)14)6-8-7-15-10-5-3-2-4-9(8)10/h2-7,18H,1H3,(H2,14,16)/b8-6+. The third-order valence-electron chi connectivity index (χ3n) is 3.00. The lowest BCUT2D eigenvalue weighted by Gasteiger charge is -2.01. The van der Waals surface area contributed by atoms with Crippen molar-refractivity contribution in [1.82, 2.24) is 9.55 Å². The molecule has 3 rings (SSSR count). The number of aromatic hydroxyl groups is 1. The largest absolute Gasteiger partial charge is 0.492 e. The van der Waals surface area contributed by atoms with Crippen molar-refractivity contribution in [2.45, 2.75) is 0 Å². The van der Waals surface area contributed by atoms with E-state index in [1.807, 2.05) is 30.3 Å². The van der Waals surface area contributed by atoms with Crippen molar-refractivity contribution in [3.63, 3.8) is 0 Å². The van der Waals surface area contributed by atoms with Gasteiger partial charge in [0, 0.05) is 24.4 Å². The quantitative estimate of drug-likeness (QED) is 0.800. The molecule has 5 nitrogen and oxygen atoms in total. The summed E-state index contributed by atoms with van der Waals surface area (Å²) in [4.78, 5) is 8.12. The Morgan fingerprint density at radius 3 is 2.83 bits per heavy atom. The van der Waals surface area contributed by atoms with Crippen LogP contribution in [-0.2, 0) is 7.05 Å². The predicted molar refractivity (Wildman–Crippen MR) is 71.8 cm³/mol. The molecule has 0 saturated carbocycles. The summed E-state index contributed by atoms with van der Waals surface area (Å²) in [5, 5.41) is 9.72. The van der Waals surface area contributed by atoms with E-state index in [0.29, 0.717) is 5.69 Å². The molecular formula is C13H12N4O. The van der Waals surface area contributed by atoms with Gasteiger partial charge in [-0.1, -0.05) is 18.2 Å². The number of para-hydroxylation sites is 1. The molecule has 1 aromatic carbocycles. The van der Waals surface area contributed by atoms with E-state index in [1.54, 1.807) is 17.8 Å². The van der Waals surface area contributed by atoms with Crippen LogP contribution in [0.2, 0.25) is 0 Å². The Bertz CT molecular complexity index is 682. The Kier molecular flexibility index (Phi) is 2.19. The number of anilines is 1. The number of aliphatic imine (C=N–C) groups is 1. The number of allylic oxidation sites excluding steroid dienone is 1. The zero-order chi connectivity index (χ0) is 12.7. The van der Waals surface area contributed by atoms with E-state index in [4.69, 9.17) is 5.73 Å². The number of nitrogens with zero attached hydrogens (tertiary/aromatic N) is 3. The second kappa shape index (κ2) is 3.73. The highest BCUT2D eigenvalue weighted by Gasteiger charge is 2.15. The molecule has 0 fully saturated rings. The summed E-state index contributed by atoms with van der Waals surface area (Å²) < 4.78 is 1.64. The molecule has 2 heterocycles. The van der Waals surface area contributed by atoms with Crippen molar-refractivity contribution < 1.29 is 5.11 Å². The molecule has 2 aromatic rings. The number of fused-ring (bicyclic) bond motifs is 1. The lowest BCUT2D eigenvalue weighted by Crippen LogP contribution is -1.98. The minimum absolute atomic E-state index is 0.0692. The lowest BCUT2D eigenvalue weighted by molar-refractivity contribution is 0.455. The van der Waals surface area contributed by atoms with E-state index >= 15 is 0 Å². The van der Waals surface area contributed by atoms with Crippen LogP contribution in [0.1, 0.15) is 11.3 Å². The number of hydrogen-bond acceptors (Lipinski definition) is 4. The molecule has 0 atom stereocenters. The maximum Gasteiger partial charge on any atom is 0.238 e. The average Bonchev–Trinajstić information content (AvgIpc) is 2.87. The maximum atomic E-state index is 9.72. The molecule has 0 spiro atoms. The first-order chi connectivity index (χ1) is 8.66. The van der Waals surface area contributed by atoms with Crippen LogP contribution >= 0.6 is 0 Å². The molecule has 0 unspecified atom stereocenters. The fourth-order valence-electron chi connectivity index (χ4n) is 1.98. The molecule has 18 heavy (non-hydrogen) atoms. The minimum atomic E-state index is -0.0692. The van der Waals surface area contributed by atoms with E-state index in [1.165, 1.54) is 0 Å². The number of imidazole rings is 1. The molecule has 0 saturated heterocycles. The van der Waals surface area contributed by atoms with Gasteiger partial charge in [0.15, 0.2) is 0 Å². The summed E-state index contributed by atoms with van der Waals surface area (Å²) in [5.41, 5.74) is 9.12. The summed E-state index contributed by atoms with van der Waals surface area (Å²) in [6, 6.07) is 7.84. The van der Waals surface area contributed by atoms with E-state index in [-0.39, 0.29) is 11.8 Å². The first-order valence-electron chi connectivity index (χ1n) is 5.53. The van der Waals surface area contributed by atoms with Crippen LogP contribution in [0.25, 0.3) is 11.6 Å². The highest BCUT2D eigenvalue weighted by Crippen LogP contribution is 2.33. The summed E-state index contributed by atoms with van der Waals surface area (Å²) in [6.45, 7) is 0. The number of rotatable bonds is 1. The van der Waals surface area contributed by atoms with Gasteiger partial charge in [-0.3, -0.25) is 4.99 Å². The van der Waals surface area contributed by atoms with Gasteiger partial charge in [-0.2, -0.15) is 4.98 Å². The van der Waals surface area contributed by atoms with Crippen molar-refractivity contribution in [2.75, 3.05) is 5.73 Å². The third-order valence-corrected chi connectivity index (χ3v) is 3.00. The van der Waals surface area contributed by atoms with Gasteiger partial charge in [0.1, 0.15) is 5.69 Å². The maximum absolute atomic E-state index is 9.72. The summed E-state index contributed by atoms with van der Waals surface area (Å²) in [5.74, 6) is 0.211. The van der Waals surface area contributed by atoms with Gasteiger partial charge in [0.25, 0.3) is 0 Å². The molecule has 0 radical (unpaired) electrons. The molecule has 1 aliphatic rings. The van der Waals surface area contributed by atoms with Crippen LogP contribution in [0, 0.1) is 0 Å². The predicted octanol–water partition coefficient (Wildman–Crippen LogP) is 1.96.